The number of anilines is 1. The number of nitrogens with one attached hydrogen (secondary N) is 1. The van der Waals surface area contributed by atoms with Gasteiger partial charge in [0.25, 0.3) is 5.91 Å². The molecule has 4 heterocycles. The quantitative estimate of drug-likeness (QED) is 0.754. The Hall–Kier alpha value is -2.67. The largest absolute Gasteiger partial charge is 0.369 e. The van der Waals surface area contributed by atoms with Crippen LogP contribution in [0, 0.1) is 13.8 Å². The van der Waals surface area contributed by atoms with Gasteiger partial charge in [0.2, 0.25) is 0 Å². The fourth-order valence-electron chi connectivity index (χ4n) is 3.48. The number of pyridine rings is 1. The highest BCUT2D eigenvalue weighted by molar-refractivity contribution is 7.15. The summed E-state index contributed by atoms with van der Waals surface area (Å²) >= 11 is 1.70. The van der Waals surface area contributed by atoms with E-state index in [1.165, 1.54) is 16.1 Å². The number of amides is 1. The van der Waals surface area contributed by atoms with E-state index in [1.807, 2.05) is 23.4 Å². The summed E-state index contributed by atoms with van der Waals surface area (Å²) in [7, 11) is 0. The Kier molecular flexibility index (Phi) is 4.94. The normalized spacial score (nSPS) is 15.0. The fraction of sp³-hybridized carbons (Fsp3) is 0.350. The van der Waals surface area contributed by atoms with Gasteiger partial charge in [-0.25, -0.2) is 0 Å². The second-order valence-corrected chi connectivity index (χ2v) is 8.16. The number of hydrogen-bond acceptors (Lipinski definition) is 5. The van der Waals surface area contributed by atoms with Gasteiger partial charge < -0.3 is 9.80 Å². The number of aromatic nitrogens is 3. The lowest BCUT2D eigenvalue weighted by atomic mass is 10.2. The van der Waals surface area contributed by atoms with Crippen LogP contribution >= 0.6 is 11.3 Å². The lowest BCUT2D eigenvalue weighted by molar-refractivity contribution is 0.0761. The molecule has 1 fully saturated rings. The molecule has 0 aromatic carbocycles. The van der Waals surface area contributed by atoms with Crippen LogP contribution < -0.4 is 4.90 Å². The first-order valence-electron chi connectivity index (χ1n) is 9.19. The number of hydrogen-bond donors (Lipinski definition) is 1. The summed E-state index contributed by atoms with van der Waals surface area (Å²) in [6.45, 7) is 7.35. The second kappa shape index (κ2) is 7.52. The maximum atomic E-state index is 12.9. The van der Waals surface area contributed by atoms with Crippen LogP contribution in [0.15, 0.2) is 36.7 Å². The van der Waals surface area contributed by atoms with Gasteiger partial charge in [-0.05, 0) is 50.1 Å². The van der Waals surface area contributed by atoms with Crippen LogP contribution in [0.2, 0.25) is 0 Å². The van der Waals surface area contributed by atoms with Gasteiger partial charge in [-0.15, -0.1) is 11.3 Å². The van der Waals surface area contributed by atoms with Crippen molar-refractivity contribution in [2.45, 2.75) is 20.3 Å². The van der Waals surface area contributed by atoms with Gasteiger partial charge in [-0.3, -0.25) is 14.9 Å². The van der Waals surface area contributed by atoms with E-state index in [4.69, 9.17) is 0 Å². The topological polar surface area (TPSA) is 65.1 Å². The number of rotatable bonds is 3. The van der Waals surface area contributed by atoms with Crippen molar-refractivity contribution in [3.05, 3.63) is 52.8 Å². The highest BCUT2D eigenvalue weighted by Crippen LogP contribution is 2.27. The number of H-pyrrole nitrogens is 1. The van der Waals surface area contributed by atoms with Gasteiger partial charge in [0.15, 0.2) is 5.69 Å². The van der Waals surface area contributed by atoms with Crippen molar-refractivity contribution in [1.29, 1.82) is 0 Å². The third-order valence-electron chi connectivity index (χ3n) is 4.92. The van der Waals surface area contributed by atoms with Crippen LogP contribution in [0.3, 0.4) is 0 Å². The zero-order valence-corrected chi connectivity index (χ0v) is 16.4. The van der Waals surface area contributed by atoms with Crippen molar-refractivity contribution >= 4 is 22.9 Å². The molecule has 6 nitrogen and oxygen atoms in total. The second-order valence-electron chi connectivity index (χ2n) is 6.87. The Morgan fingerprint density at radius 3 is 2.81 bits per heavy atom. The van der Waals surface area contributed by atoms with Crippen molar-refractivity contribution in [3.63, 3.8) is 0 Å². The molecule has 0 radical (unpaired) electrons. The van der Waals surface area contributed by atoms with Crippen LogP contribution in [0.1, 0.15) is 27.3 Å². The molecule has 140 valence electrons. The summed E-state index contributed by atoms with van der Waals surface area (Å²) < 4.78 is 0. The molecular weight excluding hydrogens is 358 g/mol. The summed E-state index contributed by atoms with van der Waals surface area (Å²) in [5.74, 6) is -0.000853. The summed E-state index contributed by atoms with van der Waals surface area (Å²) in [4.78, 5) is 23.7. The molecule has 1 saturated heterocycles. The molecule has 1 aliphatic heterocycles. The Morgan fingerprint density at radius 1 is 1.15 bits per heavy atom. The van der Waals surface area contributed by atoms with E-state index < -0.39 is 0 Å². The van der Waals surface area contributed by atoms with E-state index in [0.717, 1.165) is 36.6 Å². The minimum absolute atomic E-state index is 0.000853. The Bertz CT molecular complexity index is 947. The average molecular weight is 382 g/mol. The molecular formula is C20H23N5OS. The van der Waals surface area contributed by atoms with Crippen LogP contribution in [0.4, 0.5) is 5.69 Å². The molecule has 0 bridgehead atoms. The van der Waals surface area contributed by atoms with Gasteiger partial charge in [0.1, 0.15) is 0 Å². The number of thiophene rings is 1. The number of carbonyl (C=O) groups excluding carboxylic acids is 1. The maximum Gasteiger partial charge on any atom is 0.274 e. The summed E-state index contributed by atoms with van der Waals surface area (Å²) in [6.07, 6.45) is 4.66. The lowest BCUT2D eigenvalue weighted by Crippen LogP contribution is -2.35. The molecule has 1 amide bonds. The highest BCUT2D eigenvalue weighted by atomic mass is 32.1. The lowest BCUT2D eigenvalue weighted by Gasteiger charge is -2.24. The third kappa shape index (κ3) is 3.73. The molecule has 0 atom stereocenters. The number of nitrogens with zero attached hydrogens (tertiary/aromatic N) is 4. The van der Waals surface area contributed by atoms with E-state index in [2.05, 4.69) is 52.1 Å². The fourth-order valence-corrected chi connectivity index (χ4v) is 4.31. The molecule has 0 spiro atoms. The van der Waals surface area contributed by atoms with Crippen molar-refractivity contribution in [2.75, 3.05) is 31.1 Å². The molecule has 4 rings (SSSR count). The first kappa shape index (κ1) is 17.7. The molecule has 7 heteroatoms. The van der Waals surface area contributed by atoms with Crippen molar-refractivity contribution in [2.24, 2.45) is 0 Å². The zero-order chi connectivity index (χ0) is 18.8. The summed E-state index contributed by atoms with van der Waals surface area (Å²) in [5, 5.41) is 7.28. The molecule has 27 heavy (non-hydrogen) atoms. The zero-order valence-electron chi connectivity index (χ0n) is 15.6. The Balaban J connectivity index is 1.46. The Labute approximate surface area is 162 Å². The predicted molar refractivity (Wildman–Crippen MR) is 108 cm³/mol. The molecule has 1 aliphatic rings. The van der Waals surface area contributed by atoms with E-state index in [1.54, 1.807) is 11.3 Å². The molecule has 0 unspecified atom stereocenters. The van der Waals surface area contributed by atoms with Gasteiger partial charge >= 0.3 is 0 Å². The number of aryl methyl sites for hydroxylation is 2. The van der Waals surface area contributed by atoms with Crippen molar-refractivity contribution < 1.29 is 4.79 Å². The highest BCUT2D eigenvalue weighted by Gasteiger charge is 2.23. The molecule has 0 saturated carbocycles. The summed E-state index contributed by atoms with van der Waals surface area (Å²) in [5.41, 5.74) is 3.76. The first-order chi connectivity index (χ1) is 13.1. The summed E-state index contributed by atoms with van der Waals surface area (Å²) in [6, 6.07) is 8.05. The van der Waals surface area contributed by atoms with Crippen LogP contribution in [0.5, 0.6) is 0 Å². The SMILES string of the molecule is Cc1ccc(-c2cc(C(=O)N3CCCN(c4ccncc4C)CC3)n[nH]2)s1. The van der Waals surface area contributed by atoms with Crippen LogP contribution in [0.25, 0.3) is 10.6 Å². The number of carbonyl (C=O) groups is 1. The van der Waals surface area contributed by atoms with E-state index in [-0.39, 0.29) is 5.91 Å². The number of aromatic amines is 1. The standard InChI is InChI=1S/C20H23N5OS/c1-14-13-21-7-6-18(14)24-8-3-9-25(11-10-24)20(26)17-12-16(22-23-17)19-5-4-15(2)27-19/h4-7,12-13H,3,8-11H2,1-2H3,(H,22,23). The van der Waals surface area contributed by atoms with Gasteiger partial charge in [-0.2, -0.15) is 5.10 Å². The van der Waals surface area contributed by atoms with Gasteiger partial charge in [0, 0.05) is 49.1 Å². The maximum absolute atomic E-state index is 12.9. The smallest absolute Gasteiger partial charge is 0.274 e. The van der Waals surface area contributed by atoms with E-state index in [9.17, 15) is 4.79 Å². The van der Waals surface area contributed by atoms with E-state index in [0.29, 0.717) is 12.2 Å². The predicted octanol–water partition coefficient (Wildman–Crippen LogP) is 3.50. The Morgan fingerprint density at radius 2 is 2.04 bits per heavy atom. The molecule has 0 aliphatic carbocycles. The third-order valence-corrected chi connectivity index (χ3v) is 5.95. The molecule has 1 N–H and O–H groups in total. The van der Waals surface area contributed by atoms with Gasteiger partial charge in [-0.1, -0.05) is 0 Å². The van der Waals surface area contributed by atoms with E-state index >= 15 is 0 Å². The first-order valence-corrected chi connectivity index (χ1v) is 10.0. The molecule has 3 aromatic rings. The van der Waals surface area contributed by atoms with Crippen molar-refractivity contribution in [1.82, 2.24) is 20.1 Å². The van der Waals surface area contributed by atoms with Gasteiger partial charge in [0.05, 0.1) is 10.6 Å². The van der Waals surface area contributed by atoms with Crippen LogP contribution in [-0.2, 0) is 0 Å². The minimum atomic E-state index is -0.000853. The van der Waals surface area contributed by atoms with Crippen molar-refractivity contribution in [3.8, 4) is 10.6 Å². The molecule has 3 aromatic heterocycles. The minimum Gasteiger partial charge on any atom is -0.369 e. The van der Waals surface area contributed by atoms with Crippen LogP contribution in [-0.4, -0.2) is 52.2 Å². The monoisotopic (exact) mass is 381 g/mol. The average Bonchev–Trinajstić information content (AvgIpc) is 3.25.